The Morgan fingerprint density at radius 2 is 1.85 bits per heavy atom. The van der Waals surface area contributed by atoms with Crippen LogP contribution in [0.3, 0.4) is 0 Å². The highest BCUT2D eigenvalue weighted by Gasteiger charge is 2.39. The molecule has 1 aliphatic carbocycles. The molecule has 3 nitrogen and oxygen atoms in total. The minimum atomic E-state index is -0.505. The summed E-state index contributed by atoms with van der Waals surface area (Å²) in [5.41, 5.74) is 5.27. The van der Waals surface area contributed by atoms with Gasteiger partial charge in [-0.1, -0.05) is 44.2 Å². The van der Waals surface area contributed by atoms with Crippen LogP contribution in [0.5, 0.6) is 0 Å². The van der Waals surface area contributed by atoms with Crippen molar-refractivity contribution in [3.05, 3.63) is 58.4 Å². The Balaban J connectivity index is 2.07. The Hall–Kier alpha value is -2.03. The van der Waals surface area contributed by atoms with Crippen molar-refractivity contribution in [3.8, 4) is 0 Å². The topological polar surface area (TPSA) is 38.3 Å². The summed E-state index contributed by atoms with van der Waals surface area (Å²) in [7, 11) is 0. The van der Waals surface area contributed by atoms with Crippen molar-refractivity contribution < 1.29 is 9.53 Å². The van der Waals surface area contributed by atoms with Crippen LogP contribution >= 0.6 is 0 Å². The summed E-state index contributed by atoms with van der Waals surface area (Å²) in [6.45, 7) is 12.4. The lowest BCUT2D eigenvalue weighted by Gasteiger charge is -2.41. The number of carbonyl (C=O) groups is 1. The van der Waals surface area contributed by atoms with Crippen molar-refractivity contribution in [1.29, 1.82) is 0 Å². The van der Waals surface area contributed by atoms with Gasteiger partial charge in [-0.2, -0.15) is 0 Å². The van der Waals surface area contributed by atoms with E-state index in [1.807, 2.05) is 45.9 Å². The van der Waals surface area contributed by atoms with Gasteiger partial charge in [-0.15, -0.1) is 0 Å². The van der Waals surface area contributed by atoms with Crippen LogP contribution in [0, 0.1) is 5.41 Å². The van der Waals surface area contributed by atoms with Crippen molar-refractivity contribution in [1.82, 2.24) is 5.32 Å². The number of dihydropyridines is 1. The number of ether oxygens (including phenoxy) is 1. The minimum Gasteiger partial charge on any atom is -0.457 e. The second kappa shape index (κ2) is 6.61. The highest BCUT2D eigenvalue weighted by Crippen LogP contribution is 2.48. The lowest BCUT2D eigenvalue weighted by atomic mass is 9.69. The highest BCUT2D eigenvalue weighted by atomic mass is 16.6. The van der Waals surface area contributed by atoms with Crippen LogP contribution in [-0.2, 0) is 9.53 Å². The van der Waals surface area contributed by atoms with Gasteiger partial charge in [0.2, 0.25) is 0 Å². The van der Waals surface area contributed by atoms with Gasteiger partial charge < -0.3 is 10.1 Å². The van der Waals surface area contributed by atoms with Crippen LogP contribution in [0.25, 0.3) is 0 Å². The van der Waals surface area contributed by atoms with Gasteiger partial charge in [0.15, 0.2) is 0 Å². The van der Waals surface area contributed by atoms with E-state index in [2.05, 4.69) is 31.3 Å². The van der Waals surface area contributed by atoms with E-state index < -0.39 is 5.60 Å². The number of benzene rings is 1. The van der Waals surface area contributed by atoms with Gasteiger partial charge in [0.25, 0.3) is 0 Å². The van der Waals surface area contributed by atoms with E-state index in [0.717, 1.165) is 30.5 Å². The average Bonchev–Trinajstić information content (AvgIpc) is 2.51. The number of hydrogen-bond acceptors (Lipinski definition) is 3. The van der Waals surface area contributed by atoms with Gasteiger partial charge in [-0.3, -0.25) is 0 Å². The fourth-order valence-electron chi connectivity index (χ4n) is 4.05. The molecule has 1 heterocycles. The summed E-state index contributed by atoms with van der Waals surface area (Å²) in [5.74, 6) is -0.230. The smallest absolute Gasteiger partial charge is 0.337 e. The minimum absolute atomic E-state index is 0.0154. The zero-order valence-electron chi connectivity index (χ0n) is 16.9. The second-order valence-corrected chi connectivity index (χ2v) is 9.35. The quantitative estimate of drug-likeness (QED) is 0.718. The van der Waals surface area contributed by atoms with E-state index in [4.69, 9.17) is 4.74 Å². The molecule has 0 saturated heterocycles. The Labute approximate surface area is 157 Å². The normalized spacial score (nSPS) is 22.6. The molecule has 0 aromatic heterocycles. The fraction of sp³-hybridized carbons (Fsp3) is 0.522. The number of rotatable bonds is 2. The Bertz CT molecular complexity index is 763. The van der Waals surface area contributed by atoms with Crippen molar-refractivity contribution in [3.63, 3.8) is 0 Å². The van der Waals surface area contributed by atoms with Gasteiger partial charge in [-0.25, -0.2) is 4.79 Å². The van der Waals surface area contributed by atoms with Crippen LogP contribution in [0.1, 0.15) is 72.3 Å². The maximum absolute atomic E-state index is 13.1. The van der Waals surface area contributed by atoms with Crippen LogP contribution in [0.4, 0.5) is 0 Å². The molecule has 26 heavy (non-hydrogen) atoms. The first-order valence-electron chi connectivity index (χ1n) is 9.55. The summed E-state index contributed by atoms with van der Waals surface area (Å²) < 4.78 is 5.76. The SMILES string of the molecule is CC1=C(C(=O)OC(C)(C)C)C(c2ccccc2)C2=C(CC(C)(C)CC2)N1. The summed E-state index contributed by atoms with van der Waals surface area (Å²) in [5, 5.41) is 3.55. The molecule has 1 unspecified atom stereocenters. The number of nitrogens with one attached hydrogen (secondary N) is 1. The molecule has 0 amide bonds. The van der Waals surface area contributed by atoms with Gasteiger partial charge in [0, 0.05) is 17.3 Å². The largest absolute Gasteiger partial charge is 0.457 e. The third-order valence-corrected chi connectivity index (χ3v) is 5.25. The van der Waals surface area contributed by atoms with E-state index in [9.17, 15) is 4.79 Å². The molecule has 0 saturated carbocycles. The monoisotopic (exact) mass is 353 g/mol. The maximum atomic E-state index is 13.1. The van der Waals surface area contributed by atoms with Gasteiger partial charge in [0.05, 0.1) is 5.57 Å². The van der Waals surface area contributed by atoms with Gasteiger partial charge >= 0.3 is 5.97 Å². The first-order chi connectivity index (χ1) is 12.1. The molecule has 1 N–H and O–H groups in total. The molecule has 3 heteroatoms. The molecule has 1 aromatic carbocycles. The summed E-state index contributed by atoms with van der Waals surface area (Å²) in [6, 6.07) is 10.4. The Morgan fingerprint density at radius 1 is 1.19 bits per heavy atom. The third kappa shape index (κ3) is 3.87. The summed E-state index contributed by atoms with van der Waals surface area (Å²) in [6.07, 6.45) is 3.16. The second-order valence-electron chi connectivity index (χ2n) is 9.35. The van der Waals surface area contributed by atoms with Crippen LogP contribution in [0.2, 0.25) is 0 Å². The maximum Gasteiger partial charge on any atom is 0.337 e. The standard InChI is InChI=1S/C23H31NO2/c1-15-19(21(25)26-22(2,3)4)20(16-10-8-7-9-11-16)17-12-13-23(5,6)14-18(17)24-15/h7-11,20,24H,12-14H2,1-6H3. The molecule has 3 rings (SSSR count). The number of allylic oxidation sites excluding steroid dienone is 3. The van der Waals surface area contributed by atoms with Crippen LogP contribution in [-0.4, -0.2) is 11.6 Å². The first-order valence-corrected chi connectivity index (χ1v) is 9.55. The zero-order chi connectivity index (χ0) is 19.1. The first kappa shape index (κ1) is 18.8. The Morgan fingerprint density at radius 3 is 2.46 bits per heavy atom. The lowest BCUT2D eigenvalue weighted by molar-refractivity contribution is -0.150. The van der Waals surface area contributed by atoms with E-state index in [1.54, 1.807) is 0 Å². The molecular formula is C23H31NO2. The average molecular weight is 354 g/mol. The summed E-state index contributed by atoms with van der Waals surface area (Å²) >= 11 is 0. The number of esters is 1. The van der Waals surface area contributed by atoms with Crippen molar-refractivity contribution in [2.45, 2.75) is 72.3 Å². The molecule has 2 aliphatic rings. The summed E-state index contributed by atoms with van der Waals surface area (Å²) in [4.78, 5) is 13.1. The highest BCUT2D eigenvalue weighted by molar-refractivity contribution is 5.93. The predicted octanol–water partition coefficient (Wildman–Crippen LogP) is 5.45. The van der Waals surface area contributed by atoms with E-state index in [1.165, 1.54) is 16.8 Å². The number of carbonyl (C=O) groups excluding carboxylic acids is 1. The molecule has 1 atom stereocenters. The van der Waals surface area contributed by atoms with Gasteiger partial charge in [-0.05, 0) is 63.5 Å². The van der Waals surface area contributed by atoms with Crippen molar-refractivity contribution in [2.24, 2.45) is 5.41 Å². The van der Waals surface area contributed by atoms with Crippen LogP contribution < -0.4 is 5.32 Å². The zero-order valence-corrected chi connectivity index (χ0v) is 16.9. The molecule has 0 radical (unpaired) electrons. The Kier molecular flexibility index (Phi) is 4.76. The molecule has 0 spiro atoms. The predicted molar refractivity (Wildman–Crippen MR) is 106 cm³/mol. The van der Waals surface area contributed by atoms with E-state index in [-0.39, 0.29) is 17.3 Å². The fourth-order valence-corrected chi connectivity index (χ4v) is 4.05. The molecule has 1 aliphatic heterocycles. The molecule has 140 valence electrons. The van der Waals surface area contributed by atoms with Gasteiger partial charge in [0.1, 0.15) is 5.60 Å². The molecule has 1 aromatic rings. The van der Waals surface area contributed by atoms with E-state index >= 15 is 0 Å². The van der Waals surface area contributed by atoms with Crippen molar-refractivity contribution >= 4 is 5.97 Å². The van der Waals surface area contributed by atoms with Crippen molar-refractivity contribution in [2.75, 3.05) is 0 Å². The number of hydrogen-bond donors (Lipinski definition) is 1. The molecule has 0 fully saturated rings. The third-order valence-electron chi connectivity index (χ3n) is 5.25. The molecule has 0 bridgehead atoms. The lowest BCUT2D eigenvalue weighted by Crippen LogP contribution is -2.36. The van der Waals surface area contributed by atoms with E-state index in [0.29, 0.717) is 0 Å². The molecular weight excluding hydrogens is 322 g/mol. The van der Waals surface area contributed by atoms with Crippen LogP contribution in [0.15, 0.2) is 52.9 Å².